The van der Waals surface area contributed by atoms with E-state index in [1.165, 1.54) is 0 Å². The number of amides is 1. The number of rotatable bonds is 7. The lowest BCUT2D eigenvalue weighted by molar-refractivity contribution is -0.138. The van der Waals surface area contributed by atoms with Crippen LogP contribution in [0.3, 0.4) is 0 Å². The Bertz CT molecular complexity index is 258. The summed E-state index contributed by atoms with van der Waals surface area (Å²) in [6, 6.07) is -0.367. The smallest absolute Gasteiger partial charge is 0.305 e. The van der Waals surface area contributed by atoms with Gasteiger partial charge in [0, 0.05) is 19.1 Å². The summed E-state index contributed by atoms with van der Waals surface area (Å²) >= 11 is 0. The maximum Gasteiger partial charge on any atom is 0.305 e. The second-order valence-electron chi connectivity index (χ2n) is 5.03. The molecule has 0 rings (SSSR count). The molecule has 0 saturated carbocycles. The van der Waals surface area contributed by atoms with Gasteiger partial charge in [-0.1, -0.05) is 20.8 Å². The molecular formula is C12H23NO4. The predicted molar refractivity (Wildman–Crippen MR) is 64.7 cm³/mol. The van der Waals surface area contributed by atoms with Gasteiger partial charge in [0.15, 0.2) is 0 Å². The minimum absolute atomic E-state index is 0.0656. The SMILES string of the molecule is CCOCCC(=O)NC(CC(=O)O)C(C)(C)C. The van der Waals surface area contributed by atoms with E-state index in [2.05, 4.69) is 5.32 Å². The summed E-state index contributed by atoms with van der Waals surface area (Å²) in [6.45, 7) is 8.52. The van der Waals surface area contributed by atoms with Gasteiger partial charge in [0.1, 0.15) is 0 Å². The topological polar surface area (TPSA) is 75.6 Å². The molecule has 0 radical (unpaired) electrons. The second kappa shape index (κ2) is 7.27. The fourth-order valence-corrected chi connectivity index (χ4v) is 1.32. The van der Waals surface area contributed by atoms with Crippen molar-refractivity contribution in [3.05, 3.63) is 0 Å². The molecule has 0 aromatic rings. The third kappa shape index (κ3) is 7.74. The maximum atomic E-state index is 11.6. The lowest BCUT2D eigenvalue weighted by atomic mass is 9.84. The van der Waals surface area contributed by atoms with Crippen molar-refractivity contribution in [1.82, 2.24) is 5.32 Å². The highest BCUT2D eigenvalue weighted by molar-refractivity contribution is 5.77. The third-order valence-corrected chi connectivity index (χ3v) is 2.44. The van der Waals surface area contributed by atoms with Crippen LogP contribution < -0.4 is 5.32 Å². The molecule has 17 heavy (non-hydrogen) atoms. The molecule has 0 heterocycles. The van der Waals surface area contributed by atoms with E-state index in [-0.39, 0.29) is 30.2 Å². The minimum atomic E-state index is -0.907. The molecule has 0 aliphatic rings. The van der Waals surface area contributed by atoms with Crippen LogP contribution in [0, 0.1) is 5.41 Å². The summed E-state index contributed by atoms with van der Waals surface area (Å²) in [5.74, 6) is -1.07. The molecule has 1 unspecified atom stereocenters. The molecule has 2 N–H and O–H groups in total. The number of ether oxygens (including phenoxy) is 1. The summed E-state index contributed by atoms with van der Waals surface area (Å²) in [5, 5.41) is 11.5. The average Bonchev–Trinajstić information content (AvgIpc) is 2.15. The highest BCUT2D eigenvalue weighted by Gasteiger charge is 2.28. The summed E-state index contributed by atoms with van der Waals surface area (Å²) in [7, 11) is 0. The molecule has 1 atom stereocenters. The van der Waals surface area contributed by atoms with Gasteiger partial charge in [0.2, 0.25) is 5.91 Å². The molecule has 0 aliphatic heterocycles. The Balaban J connectivity index is 4.24. The van der Waals surface area contributed by atoms with Crippen LogP contribution in [0.1, 0.15) is 40.5 Å². The van der Waals surface area contributed by atoms with Crippen molar-refractivity contribution in [2.24, 2.45) is 5.41 Å². The lowest BCUT2D eigenvalue weighted by Gasteiger charge is -2.30. The fourth-order valence-electron chi connectivity index (χ4n) is 1.32. The van der Waals surface area contributed by atoms with Crippen LogP contribution in [0.5, 0.6) is 0 Å². The standard InChI is InChI=1S/C12H23NO4/c1-5-17-7-6-10(14)13-9(8-11(15)16)12(2,3)4/h9H,5-8H2,1-4H3,(H,13,14)(H,15,16). The highest BCUT2D eigenvalue weighted by atomic mass is 16.5. The molecule has 0 aliphatic carbocycles. The second-order valence-corrected chi connectivity index (χ2v) is 5.03. The zero-order valence-corrected chi connectivity index (χ0v) is 11.1. The van der Waals surface area contributed by atoms with Crippen LogP contribution in [-0.4, -0.2) is 36.2 Å². The first-order valence-corrected chi connectivity index (χ1v) is 5.86. The van der Waals surface area contributed by atoms with E-state index in [1.54, 1.807) is 0 Å². The molecule has 0 aromatic carbocycles. The van der Waals surface area contributed by atoms with Crippen molar-refractivity contribution in [3.63, 3.8) is 0 Å². The molecular weight excluding hydrogens is 222 g/mol. The van der Waals surface area contributed by atoms with Crippen molar-refractivity contribution in [2.45, 2.75) is 46.6 Å². The fraction of sp³-hybridized carbons (Fsp3) is 0.833. The Hall–Kier alpha value is -1.10. The highest BCUT2D eigenvalue weighted by Crippen LogP contribution is 2.21. The van der Waals surface area contributed by atoms with E-state index >= 15 is 0 Å². The molecule has 0 spiro atoms. The van der Waals surface area contributed by atoms with E-state index in [9.17, 15) is 9.59 Å². The number of hydrogen-bond acceptors (Lipinski definition) is 3. The van der Waals surface area contributed by atoms with Gasteiger partial charge in [-0.2, -0.15) is 0 Å². The average molecular weight is 245 g/mol. The number of nitrogens with one attached hydrogen (secondary N) is 1. The van der Waals surface area contributed by atoms with E-state index in [1.807, 2.05) is 27.7 Å². The number of carboxylic acids is 1. The first-order valence-electron chi connectivity index (χ1n) is 5.86. The van der Waals surface area contributed by atoms with Crippen LogP contribution in [0.25, 0.3) is 0 Å². The van der Waals surface area contributed by atoms with E-state index in [0.29, 0.717) is 13.2 Å². The van der Waals surface area contributed by atoms with E-state index in [4.69, 9.17) is 9.84 Å². The van der Waals surface area contributed by atoms with Crippen LogP contribution in [0.2, 0.25) is 0 Å². The van der Waals surface area contributed by atoms with E-state index in [0.717, 1.165) is 0 Å². The van der Waals surface area contributed by atoms with Gasteiger partial charge in [-0.25, -0.2) is 0 Å². The van der Waals surface area contributed by atoms with Gasteiger partial charge in [-0.15, -0.1) is 0 Å². The van der Waals surface area contributed by atoms with Gasteiger partial charge >= 0.3 is 5.97 Å². The van der Waals surface area contributed by atoms with Crippen molar-refractivity contribution < 1.29 is 19.4 Å². The molecule has 0 fully saturated rings. The van der Waals surface area contributed by atoms with Gasteiger partial charge in [0.05, 0.1) is 13.0 Å². The van der Waals surface area contributed by atoms with Crippen LogP contribution >= 0.6 is 0 Å². The first kappa shape index (κ1) is 15.9. The molecule has 0 saturated heterocycles. The first-order chi connectivity index (χ1) is 7.77. The number of carboxylic acid groups (broad SMARTS) is 1. The van der Waals surface area contributed by atoms with Crippen LogP contribution in [-0.2, 0) is 14.3 Å². The zero-order valence-electron chi connectivity index (χ0n) is 11.1. The number of hydrogen-bond donors (Lipinski definition) is 2. The molecule has 5 nitrogen and oxygen atoms in total. The Morgan fingerprint density at radius 2 is 1.94 bits per heavy atom. The molecule has 1 amide bonds. The monoisotopic (exact) mass is 245 g/mol. The van der Waals surface area contributed by atoms with Crippen molar-refractivity contribution in [1.29, 1.82) is 0 Å². The Kier molecular flexibility index (Phi) is 6.80. The largest absolute Gasteiger partial charge is 0.481 e. The molecule has 100 valence electrons. The summed E-state index contributed by atoms with van der Waals surface area (Å²) in [6.07, 6.45) is 0.198. The van der Waals surface area contributed by atoms with Gasteiger partial charge in [-0.3, -0.25) is 9.59 Å². The molecule has 0 aromatic heterocycles. The normalized spacial score (nSPS) is 13.2. The maximum absolute atomic E-state index is 11.6. The van der Waals surface area contributed by atoms with Gasteiger partial charge in [0.25, 0.3) is 0 Å². The number of carbonyl (C=O) groups excluding carboxylic acids is 1. The Labute approximate surface area is 103 Å². The van der Waals surface area contributed by atoms with Gasteiger partial charge in [-0.05, 0) is 12.3 Å². The minimum Gasteiger partial charge on any atom is -0.481 e. The Morgan fingerprint density at radius 3 is 2.35 bits per heavy atom. The summed E-state index contributed by atoms with van der Waals surface area (Å²) in [4.78, 5) is 22.3. The third-order valence-electron chi connectivity index (χ3n) is 2.44. The van der Waals surface area contributed by atoms with Crippen LogP contribution in [0.4, 0.5) is 0 Å². The lowest BCUT2D eigenvalue weighted by Crippen LogP contribution is -2.45. The van der Waals surface area contributed by atoms with Crippen molar-refractivity contribution in [2.75, 3.05) is 13.2 Å². The van der Waals surface area contributed by atoms with Gasteiger partial charge < -0.3 is 15.2 Å². The quantitative estimate of drug-likeness (QED) is 0.665. The summed E-state index contributed by atoms with van der Waals surface area (Å²) in [5.41, 5.74) is -0.278. The molecule has 5 heteroatoms. The van der Waals surface area contributed by atoms with E-state index < -0.39 is 5.97 Å². The molecule has 0 bridgehead atoms. The predicted octanol–water partition coefficient (Wildman–Crippen LogP) is 1.42. The van der Waals surface area contributed by atoms with Crippen molar-refractivity contribution in [3.8, 4) is 0 Å². The zero-order chi connectivity index (χ0) is 13.5. The number of carbonyl (C=O) groups is 2. The van der Waals surface area contributed by atoms with Crippen molar-refractivity contribution >= 4 is 11.9 Å². The van der Waals surface area contributed by atoms with Crippen LogP contribution in [0.15, 0.2) is 0 Å². The number of aliphatic carboxylic acids is 1. The summed E-state index contributed by atoms with van der Waals surface area (Å²) < 4.78 is 5.08. The Morgan fingerprint density at radius 1 is 1.35 bits per heavy atom.